The molecule has 1 aromatic carbocycles. The Morgan fingerprint density at radius 1 is 1.11 bits per heavy atom. The molecule has 1 saturated heterocycles. The van der Waals surface area contributed by atoms with Crippen molar-refractivity contribution in [3.05, 3.63) is 86.2 Å². The normalized spacial score (nSPS) is 15.8. The predicted octanol–water partition coefficient (Wildman–Crippen LogP) is 2.36. The lowest BCUT2D eigenvalue weighted by molar-refractivity contribution is 0.0321. The fraction of sp³-hybridized carbons (Fsp3) is 0.280. The van der Waals surface area contributed by atoms with E-state index in [2.05, 4.69) is 21.2 Å². The number of hydrogen-bond acceptors (Lipinski definition) is 9. The molecule has 3 aromatic rings. The van der Waals surface area contributed by atoms with Crippen molar-refractivity contribution in [1.29, 1.82) is 0 Å². The minimum absolute atomic E-state index is 0.180. The van der Waals surface area contributed by atoms with Gasteiger partial charge in [0, 0.05) is 37.7 Å². The number of halogens is 1. The molecule has 0 saturated carbocycles. The van der Waals surface area contributed by atoms with Gasteiger partial charge in [0.2, 0.25) is 0 Å². The molecule has 0 aliphatic carbocycles. The topological polar surface area (TPSA) is 100 Å². The average molecular weight is 543 g/mol. The van der Waals surface area contributed by atoms with Crippen LogP contribution in [-0.2, 0) is 4.74 Å². The smallest absolute Gasteiger partial charge is 0.297 e. The maximum Gasteiger partial charge on any atom is 0.297 e. The van der Waals surface area contributed by atoms with Crippen molar-refractivity contribution >= 4 is 34.5 Å². The van der Waals surface area contributed by atoms with Gasteiger partial charge in [-0.2, -0.15) is 0 Å². The van der Waals surface area contributed by atoms with Crippen LogP contribution < -0.4 is 31.6 Å². The molecule has 0 spiro atoms. The van der Waals surface area contributed by atoms with Gasteiger partial charge in [-0.05, 0) is 48.5 Å². The van der Waals surface area contributed by atoms with E-state index >= 15 is 0 Å². The summed E-state index contributed by atoms with van der Waals surface area (Å²) in [6.07, 6.45) is 3.58. The summed E-state index contributed by atoms with van der Waals surface area (Å²) in [7, 11) is 0. The number of anilines is 1. The van der Waals surface area contributed by atoms with Crippen LogP contribution in [0.1, 0.15) is 9.67 Å². The van der Waals surface area contributed by atoms with Gasteiger partial charge in [-0.15, -0.1) is 16.9 Å². The summed E-state index contributed by atoms with van der Waals surface area (Å²) in [5, 5.41) is 4.65. The first kappa shape index (κ1) is 25.3. The second-order valence-corrected chi connectivity index (χ2v) is 10.1. The molecule has 37 heavy (non-hydrogen) atoms. The molecule has 2 aliphatic rings. The van der Waals surface area contributed by atoms with Crippen LogP contribution in [0.5, 0.6) is 5.75 Å². The van der Waals surface area contributed by atoms with Crippen LogP contribution >= 0.6 is 22.9 Å². The number of carbonyl (C=O) groups is 1. The molecule has 0 radical (unpaired) electrons. The van der Waals surface area contributed by atoms with Crippen LogP contribution in [0.4, 0.5) is 5.69 Å². The van der Waals surface area contributed by atoms with E-state index in [4.69, 9.17) is 21.1 Å². The molecule has 4 heterocycles. The first-order valence-electron chi connectivity index (χ1n) is 11.9. The number of hydrazine groups is 2. The quantitative estimate of drug-likeness (QED) is 0.379. The number of pyridine rings is 1. The van der Waals surface area contributed by atoms with Gasteiger partial charge in [0.25, 0.3) is 11.5 Å². The zero-order valence-electron chi connectivity index (χ0n) is 20.0. The second kappa shape index (κ2) is 11.8. The van der Waals surface area contributed by atoms with Gasteiger partial charge in [0.05, 0.1) is 40.4 Å². The van der Waals surface area contributed by atoms with Crippen molar-refractivity contribution in [2.75, 3.05) is 51.0 Å². The highest BCUT2D eigenvalue weighted by molar-refractivity contribution is 7.18. The van der Waals surface area contributed by atoms with Crippen LogP contribution in [-0.4, -0.2) is 61.4 Å². The summed E-state index contributed by atoms with van der Waals surface area (Å²) in [6.45, 7) is 4.75. The van der Waals surface area contributed by atoms with Gasteiger partial charge in [-0.3, -0.25) is 24.1 Å². The largest absolute Gasteiger partial charge is 0.487 e. The van der Waals surface area contributed by atoms with Gasteiger partial charge in [0.15, 0.2) is 5.75 Å². The molecule has 0 unspecified atom stereocenters. The predicted molar refractivity (Wildman–Crippen MR) is 143 cm³/mol. The lowest BCUT2D eigenvalue weighted by atomic mass is 10.2. The first-order valence-corrected chi connectivity index (χ1v) is 13.1. The Bertz CT molecular complexity index is 1320. The Labute approximate surface area is 223 Å². The second-order valence-electron chi connectivity index (χ2n) is 8.41. The summed E-state index contributed by atoms with van der Waals surface area (Å²) in [6, 6.07) is 14.4. The summed E-state index contributed by atoms with van der Waals surface area (Å²) >= 11 is 7.14. The Morgan fingerprint density at radius 3 is 2.65 bits per heavy atom. The van der Waals surface area contributed by atoms with Crippen molar-refractivity contribution < 1.29 is 14.3 Å². The van der Waals surface area contributed by atoms with Crippen LogP contribution in [0.15, 0.2) is 71.4 Å². The summed E-state index contributed by atoms with van der Waals surface area (Å²) in [5.74, 6) is 0.143. The van der Waals surface area contributed by atoms with Crippen LogP contribution in [0, 0.1) is 0 Å². The third-order valence-corrected chi connectivity index (χ3v) is 7.18. The van der Waals surface area contributed by atoms with Crippen molar-refractivity contribution in [1.82, 2.24) is 25.7 Å². The van der Waals surface area contributed by atoms with Crippen molar-refractivity contribution in [3.63, 3.8) is 0 Å². The molecule has 1 amide bonds. The molecular formula is C25H27ClN6O4S. The van der Waals surface area contributed by atoms with Gasteiger partial charge >= 0.3 is 0 Å². The summed E-state index contributed by atoms with van der Waals surface area (Å²) in [4.78, 5) is 28.0. The van der Waals surface area contributed by atoms with E-state index in [1.54, 1.807) is 40.0 Å². The summed E-state index contributed by atoms with van der Waals surface area (Å²) < 4.78 is 13.3. The highest BCUT2D eigenvalue weighted by Crippen LogP contribution is 2.21. The molecule has 5 rings (SSSR count). The van der Waals surface area contributed by atoms with E-state index in [-0.39, 0.29) is 11.5 Å². The summed E-state index contributed by atoms with van der Waals surface area (Å²) in [5.41, 5.74) is 8.25. The van der Waals surface area contributed by atoms with Gasteiger partial charge < -0.3 is 20.2 Å². The average Bonchev–Trinajstić information content (AvgIpc) is 3.58. The molecule has 2 aliphatic heterocycles. The highest BCUT2D eigenvalue weighted by atomic mass is 35.5. The molecule has 0 bridgehead atoms. The monoisotopic (exact) mass is 542 g/mol. The minimum Gasteiger partial charge on any atom is -0.487 e. The van der Waals surface area contributed by atoms with Crippen molar-refractivity contribution in [2.24, 2.45) is 0 Å². The Morgan fingerprint density at radius 2 is 1.89 bits per heavy atom. The Kier molecular flexibility index (Phi) is 8.07. The molecule has 0 atom stereocenters. The first-order chi connectivity index (χ1) is 18.1. The number of rotatable bonds is 9. The molecule has 10 nitrogen and oxygen atoms in total. The van der Waals surface area contributed by atoms with Crippen molar-refractivity contribution in [2.45, 2.75) is 0 Å². The SMILES string of the molecule is O=C(NCC1=CN(c2ccc(-n3cccc(OCCN4CCOCC4)c3=O)cc2)NN1)c1ccc(Cl)s1. The van der Waals surface area contributed by atoms with E-state index < -0.39 is 0 Å². The lowest BCUT2D eigenvalue weighted by Crippen LogP contribution is -2.39. The fourth-order valence-electron chi connectivity index (χ4n) is 3.95. The Balaban J connectivity index is 1.18. The zero-order chi connectivity index (χ0) is 25.6. The van der Waals surface area contributed by atoms with E-state index in [0.717, 1.165) is 49.9 Å². The van der Waals surface area contributed by atoms with Gasteiger partial charge in [0.1, 0.15) is 6.61 Å². The maximum absolute atomic E-state index is 13.0. The van der Waals surface area contributed by atoms with E-state index in [1.165, 1.54) is 11.3 Å². The number of nitrogens with zero attached hydrogens (tertiary/aromatic N) is 3. The number of hydrogen-bond donors (Lipinski definition) is 3. The van der Waals surface area contributed by atoms with Crippen LogP contribution in [0.25, 0.3) is 5.69 Å². The third-order valence-electron chi connectivity index (χ3n) is 5.95. The van der Waals surface area contributed by atoms with E-state index in [1.807, 2.05) is 30.5 Å². The number of benzene rings is 1. The van der Waals surface area contributed by atoms with Crippen LogP contribution in [0.2, 0.25) is 4.34 Å². The highest BCUT2D eigenvalue weighted by Gasteiger charge is 2.16. The number of aromatic nitrogens is 1. The van der Waals surface area contributed by atoms with E-state index in [0.29, 0.717) is 28.1 Å². The number of morpholine rings is 1. The maximum atomic E-state index is 13.0. The lowest BCUT2D eigenvalue weighted by Gasteiger charge is -2.26. The molecular weight excluding hydrogens is 516 g/mol. The molecule has 12 heteroatoms. The number of thiophene rings is 1. The van der Waals surface area contributed by atoms with Gasteiger partial charge in [-0.1, -0.05) is 11.6 Å². The number of ether oxygens (including phenoxy) is 2. The molecule has 1 fully saturated rings. The molecule has 3 N–H and O–H groups in total. The number of amides is 1. The van der Waals surface area contributed by atoms with Gasteiger partial charge in [-0.25, -0.2) is 0 Å². The third kappa shape index (κ3) is 6.32. The molecule has 2 aromatic heterocycles. The Hall–Kier alpha value is -3.35. The fourth-order valence-corrected chi connectivity index (χ4v) is 4.91. The number of carbonyl (C=O) groups excluding carboxylic acids is 1. The van der Waals surface area contributed by atoms with Crippen LogP contribution in [0.3, 0.4) is 0 Å². The van der Waals surface area contributed by atoms with Crippen molar-refractivity contribution in [3.8, 4) is 11.4 Å². The molecule has 194 valence electrons. The standard InChI is InChI=1S/C25H27ClN6O4S/c26-23-8-7-22(37-23)24(33)27-16-18-17-32(29-28-18)20-5-3-19(4-6-20)31-9-1-2-21(25(31)34)36-15-12-30-10-13-35-14-11-30/h1-9,17,28-29H,10-16H2,(H,27,33). The zero-order valence-corrected chi connectivity index (χ0v) is 21.6. The van der Waals surface area contributed by atoms with E-state index in [9.17, 15) is 9.59 Å². The minimum atomic E-state index is -0.205. The number of nitrogens with one attached hydrogen (secondary N) is 3.